The molecule has 0 spiro atoms. The lowest BCUT2D eigenvalue weighted by Gasteiger charge is -2.24. The number of hydrogen-bond donors (Lipinski definition) is 1. The van der Waals surface area contributed by atoms with Gasteiger partial charge in [0, 0.05) is 13.2 Å². The van der Waals surface area contributed by atoms with Gasteiger partial charge in [-0.1, -0.05) is 0 Å². The molecule has 0 fully saturated rings. The largest absolute Gasteiger partial charge is 0.374 e. The van der Waals surface area contributed by atoms with Crippen molar-refractivity contribution in [2.75, 3.05) is 13.2 Å². The summed E-state index contributed by atoms with van der Waals surface area (Å²) in [5, 5.41) is 2.87. The second kappa shape index (κ2) is 6.31. The molecule has 3 nitrogen and oxygen atoms in total. The molecule has 1 N–H and O–H groups in total. The highest BCUT2D eigenvalue weighted by Gasteiger charge is 2.20. The van der Waals surface area contributed by atoms with E-state index in [4.69, 9.17) is 4.74 Å². The normalized spacial score (nSPS) is 11.6. The average molecular weight is 385 g/mol. The summed E-state index contributed by atoms with van der Waals surface area (Å²) in [6, 6.07) is 1.80. The number of ether oxygens (including phenoxy) is 1. The molecule has 17 heavy (non-hydrogen) atoms. The third kappa shape index (κ3) is 4.69. The Labute approximate surface area is 122 Å². The van der Waals surface area contributed by atoms with E-state index in [0.717, 1.165) is 7.57 Å². The summed E-state index contributed by atoms with van der Waals surface area (Å²) in [6.07, 6.45) is 0. The molecule has 96 valence electrons. The maximum absolute atomic E-state index is 11.9. The van der Waals surface area contributed by atoms with E-state index in [1.54, 1.807) is 6.07 Å². The molecule has 0 aliphatic rings. The predicted molar refractivity (Wildman–Crippen MR) is 77.8 cm³/mol. The van der Waals surface area contributed by atoms with Gasteiger partial charge in [-0.25, -0.2) is 0 Å². The number of carbonyl (C=O) groups is 1. The lowest BCUT2D eigenvalue weighted by atomic mass is 10.1. The molecule has 1 aromatic heterocycles. The van der Waals surface area contributed by atoms with Gasteiger partial charge >= 0.3 is 0 Å². The lowest BCUT2D eigenvalue weighted by molar-refractivity contribution is -0.00815. The number of nitrogens with one attached hydrogen (secondary N) is 1. The summed E-state index contributed by atoms with van der Waals surface area (Å²) in [5.74, 6) is -0.0911. The van der Waals surface area contributed by atoms with Crippen LogP contribution in [0.4, 0.5) is 0 Å². The maximum atomic E-state index is 11.9. The Balaban J connectivity index is 2.59. The third-order valence-electron chi connectivity index (χ3n) is 2.11. The van der Waals surface area contributed by atoms with Crippen LogP contribution in [0.5, 0.6) is 0 Å². The third-order valence-corrected chi connectivity index (χ3v) is 4.45. The number of halogens is 2. The highest BCUT2D eigenvalue weighted by Crippen LogP contribution is 2.31. The first-order chi connectivity index (χ1) is 7.85. The van der Waals surface area contributed by atoms with E-state index >= 15 is 0 Å². The summed E-state index contributed by atoms with van der Waals surface area (Å²) in [5.41, 5.74) is 0.304. The molecular formula is C11H15Br2NO2S. The molecule has 0 aliphatic heterocycles. The van der Waals surface area contributed by atoms with Gasteiger partial charge in [0.2, 0.25) is 0 Å². The average Bonchev–Trinajstić information content (AvgIpc) is 2.54. The molecule has 1 rings (SSSR count). The summed E-state index contributed by atoms with van der Waals surface area (Å²) < 4.78 is 7.28. The van der Waals surface area contributed by atoms with Crippen molar-refractivity contribution in [2.45, 2.75) is 26.4 Å². The first-order valence-electron chi connectivity index (χ1n) is 5.22. The van der Waals surface area contributed by atoms with Crippen LogP contribution in [0.25, 0.3) is 0 Å². The minimum atomic E-state index is -0.343. The van der Waals surface area contributed by atoms with Crippen LogP contribution < -0.4 is 5.32 Å². The van der Waals surface area contributed by atoms with Crippen LogP contribution >= 0.6 is 43.2 Å². The Morgan fingerprint density at radius 1 is 1.53 bits per heavy atom. The van der Waals surface area contributed by atoms with Crippen LogP contribution in [-0.2, 0) is 4.74 Å². The van der Waals surface area contributed by atoms with Gasteiger partial charge in [0.25, 0.3) is 5.91 Å². The van der Waals surface area contributed by atoms with Gasteiger partial charge in [-0.05, 0) is 58.7 Å². The van der Waals surface area contributed by atoms with Gasteiger partial charge in [-0.15, -0.1) is 11.3 Å². The number of thiophene rings is 1. The predicted octanol–water partition coefficient (Wildman–Crippen LogP) is 3.82. The molecular weight excluding hydrogens is 370 g/mol. The zero-order valence-electron chi connectivity index (χ0n) is 9.97. The van der Waals surface area contributed by atoms with Crippen molar-refractivity contribution >= 4 is 49.1 Å². The molecule has 0 atom stereocenters. The summed E-state index contributed by atoms with van der Waals surface area (Å²) in [4.78, 5) is 11.9. The van der Waals surface area contributed by atoms with E-state index in [2.05, 4.69) is 37.2 Å². The minimum absolute atomic E-state index is 0.0911. The second-order valence-electron chi connectivity index (χ2n) is 4.11. The summed E-state index contributed by atoms with van der Waals surface area (Å²) >= 11 is 8.20. The number of amides is 1. The van der Waals surface area contributed by atoms with Crippen LogP contribution in [-0.4, -0.2) is 24.7 Å². The van der Waals surface area contributed by atoms with E-state index in [1.807, 2.05) is 20.8 Å². The Hall–Kier alpha value is 0.0900. The quantitative estimate of drug-likeness (QED) is 0.837. The molecule has 0 radical (unpaired) electrons. The SMILES string of the molecule is CCOC(C)(C)CNC(=O)c1cc(Br)sc1Br. The van der Waals surface area contributed by atoms with Crippen molar-refractivity contribution in [3.63, 3.8) is 0 Å². The fourth-order valence-electron chi connectivity index (χ4n) is 1.33. The maximum Gasteiger partial charge on any atom is 0.253 e. The Kier molecular flexibility index (Phi) is 5.63. The summed E-state index contributed by atoms with van der Waals surface area (Å²) in [7, 11) is 0. The molecule has 0 aliphatic carbocycles. The molecule has 0 unspecified atom stereocenters. The smallest absolute Gasteiger partial charge is 0.253 e. The number of carbonyl (C=O) groups excluding carboxylic acids is 1. The Morgan fingerprint density at radius 3 is 2.65 bits per heavy atom. The van der Waals surface area contributed by atoms with Crippen LogP contribution in [0.3, 0.4) is 0 Å². The molecule has 1 heterocycles. The highest BCUT2D eigenvalue weighted by molar-refractivity contribution is 9.12. The summed E-state index contributed by atoms with van der Waals surface area (Å²) in [6.45, 7) is 6.97. The molecule has 0 bridgehead atoms. The molecule has 6 heteroatoms. The van der Waals surface area contributed by atoms with E-state index in [1.165, 1.54) is 11.3 Å². The van der Waals surface area contributed by atoms with E-state index in [-0.39, 0.29) is 11.5 Å². The number of hydrogen-bond acceptors (Lipinski definition) is 3. The van der Waals surface area contributed by atoms with E-state index in [0.29, 0.717) is 18.7 Å². The van der Waals surface area contributed by atoms with Crippen molar-refractivity contribution in [2.24, 2.45) is 0 Å². The lowest BCUT2D eigenvalue weighted by Crippen LogP contribution is -2.40. The van der Waals surface area contributed by atoms with Gasteiger partial charge in [0.1, 0.15) is 0 Å². The molecule has 0 saturated carbocycles. The van der Waals surface area contributed by atoms with Gasteiger partial charge in [0.05, 0.1) is 18.7 Å². The first-order valence-corrected chi connectivity index (χ1v) is 7.63. The van der Waals surface area contributed by atoms with Crippen molar-refractivity contribution in [3.05, 3.63) is 19.2 Å². The molecule has 0 aromatic carbocycles. The Bertz CT molecular complexity index is 404. The van der Waals surface area contributed by atoms with Crippen molar-refractivity contribution < 1.29 is 9.53 Å². The minimum Gasteiger partial charge on any atom is -0.374 e. The van der Waals surface area contributed by atoms with Gasteiger partial charge in [-0.3, -0.25) is 4.79 Å². The van der Waals surface area contributed by atoms with Crippen LogP contribution in [0.2, 0.25) is 0 Å². The monoisotopic (exact) mass is 383 g/mol. The van der Waals surface area contributed by atoms with Crippen molar-refractivity contribution in [3.8, 4) is 0 Å². The fraction of sp³-hybridized carbons (Fsp3) is 0.545. The fourth-order valence-corrected chi connectivity index (χ4v) is 4.12. The Morgan fingerprint density at radius 2 is 2.18 bits per heavy atom. The molecule has 1 aromatic rings. The highest BCUT2D eigenvalue weighted by atomic mass is 79.9. The van der Waals surface area contributed by atoms with Crippen molar-refractivity contribution in [1.29, 1.82) is 0 Å². The number of rotatable bonds is 5. The van der Waals surface area contributed by atoms with Crippen LogP contribution in [0.15, 0.2) is 13.6 Å². The van der Waals surface area contributed by atoms with Gasteiger partial charge in [0.15, 0.2) is 0 Å². The van der Waals surface area contributed by atoms with Crippen LogP contribution in [0.1, 0.15) is 31.1 Å². The molecule has 0 saturated heterocycles. The van der Waals surface area contributed by atoms with Crippen molar-refractivity contribution in [1.82, 2.24) is 5.32 Å². The zero-order valence-corrected chi connectivity index (χ0v) is 14.0. The van der Waals surface area contributed by atoms with Gasteiger partial charge in [-0.2, -0.15) is 0 Å². The van der Waals surface area contributed by atoms with Gasteiger partial charge < -0.3 is 10.1 Å². The zero-order chi connectivity index (χ0) is 13.1. The topological polar surface area (TPSA) is 38.3 Å². The first kappa shape index (κ1) is 15.1. The van der Waals surface area contributed by atoms with Crippen LogP contribution in [0, 0.1) is 0 Å². The van der Waals surface area contributed by atoms with E-state index in [9.17, 15) is 4.79 Å². The standard InChI is InChI=1S/C11H15Br2NO2S/c1-4-16-11(2,3)6-14-10(15)7-5-8(12)17-9(7)13/h5H,4,6H2,1-3H3,(H,14,15). The second-order valence-corrected chi connectivity index (χ2v) is 7.86. The molecule has 1 amide bonds. The van der Waals surface area contributed by atoms with E-state index < -0.39 is 0 Å².